The molecule has 0 bridgehead atoms. The molecule has 148 valence electrons. The third-order valence-corrected chi connectivity index (χ3v) is 3.93. The van der Waals surface area contributed by atoms with Gasteiger partial charge < -0.3 is 15.0 Å². The molecule has 2 heterocycles. The fourth-order valence-electron chi connectivity index (χ4n) is 2.58. The quantitative estimate of drug-likeness (QED) is 0.516. The maximum Gasteiger partial charge on any atom is 0.249 e. The van der Waals surface area contributed by atoms with Gasteiger partial charge in [0.2, 0.25) is 11.8 Å². The first-order chi connectivity index (χ1) is 14.0. The van der Waals surface area contributed by atoms with Crippen LogP contribution in [0.5, 0.6) is 5.88 Å². The van der Waals surface area contributed by atoms with Gasteiger partial charge in [-0.15, -0.1) is 0 Å². The summed E-state index contributed by atoms with van der Waals surface area (Å²) in [6.45, 7) is 2.92. The average Bonchev–Trinajstić information content (AvgIpc) is 2.70. The largest absolute Gasteiger partial charge is 0.476 e. The summed E-state index contributed by atoms with van der Waals surface area (Å²) in [7, 11) is 4.05. The molecular formula is C22H23N5O2. The van der Waals surface area contributed by atoms with Gasteiger partial charge in [0.15, 0.2) is 11.3 Å². The van der Waals surface area contributed by atoms with Crippen molar-refractivity contribution in [2.24, 2.45) is 0 Å². The van der Waals surface area contributed by atoms with Gasteiger partial charge in [0, 0.05) is 30.9 Å². The van der Waals surface area contributed by atoms with E-state index in [1.165, 1.54) is 6.92 Å². The summed E-state index contributed by atoms with van der Waals surface area (Å²) in [5.74, 6) is 6.42. The van der Waals surface area contributed by atoms with Crippen LogP contribution in [-0.4, -0.2) is 53.0 Å². The van der Waals surface area contributed by atoms with Gasteiger partial charge in [-0.05, 0) is 62.8 Å². The highest BCUT2D eigenvalue weighted by Gasteiger charge is 2.09. The number of fused-ring (bicyclic) bond motifs is 1. The molecule has 0 radical (unpaired) electrons. The first kappa shape index (κ1) is 20.2. The number of hydrogen-bond acceptors (Lipinski definition) is 6. The van der Waals surface area contributed by atoms with Crippen molar-refractivity contribution in [3.63, 3.8) is 0 Å². The lowest BCUT2D eigenvalue weighted by Crippen LogP contribution is -2.16. The zero-order chi connectivity index (χ0) is 20.6. The predicted octanol–water partition coefficient (Wildman–Crippen LogP) is 2.71. The van der Waals surface area contributed by atoms with Gasteiger partial charge in [-0.1, -0.05) is 5.92 Å². The molecule has 3 rings (SSSR count). The van der Waals surface area contributed by atoms with Crippen LogP contribution in [0.4, 0.5) is 5.69 Å². The molecule has 1 N–H and O–H groups in total. The van der Waals surface area contributed by atoms with Crippen LogP contribution in [0.25, 0.3) is 11.2 Å². The highest BCUT2D eigenvalue weighted by Crippen LogP contribution is 2.17. The molecule has 0 unspecified atom stereocenters. The van der Waals surface area contributed by atoms with Crippen molar-refractivity contribution in [1.29, 1.82) is 0 Å². The number of hydrogen-bond donors (Lipinski definition) is 1. The molecule has 0 saturated carbocycles. The van der Waals surface area contributed by atoms with Crippen molar-refractivity contribution in [3.05, 3.63) is 53.9 Å². The van der Waals surface area contributed by atoms with Crippen molar-refractivity contribution in [2.45, 2.75) is 13.3 Å². The number of amides is 1. The summed E-state index contributed by atoms with van der Waals surface area (Å²) >= 11 is 0. The smallest absolute Gasteiger partial charge is 0.249 e. The highest BCUT2D eigenvalue weighted by molar-refractivity contribution is 5.88. The maximum absolute atomic E-state index is 11.1. The Kier molecular flexibility index (Phi) is 6.72. The lowest BCUT2D eigenvalue weighted by molar-refractivity contribution is -0.114. The summed E-state index contributed by atoms with van der Waals surface area (Å²) in [5.41, 5.74) is 3.16. The molecule has 0 spiro atoms. The number of rotatable bonds is 6. The van der Waals surface area contributed by atoms with Crippen molar-refractivity contribution in [1.82, 2.24) is 19.9 Å². The summed E-state index contributed by atoms with van der Waals surface area (Å²) in [6, 6.07) is 10.9. The Balaban J connectivity index is 1.84. The van der Waals surface area contributed by atoms with E-state index < -0.39 is 0 Å². The first-order valence-corrected chi connectivity index (χ1v) is 9.31. The van der Waals surface area contributed by atoms with Crippen LogP contribution < -0.4 is 10.1 Å². The van der Waals surface area contributed by atoms with Gasteiger partial charge >= 0.3 is 0 Å². The minimum absolute atomic E-state index is 0.112. The monoisotopic (exact) mass is 389 g/mol. The van der Waals surface area contributed by atoms with E-state index in [-0.39, 0.29) is 5.91 Å². The first-order valence-electron chi connectivity index (χ1n) is 9.31. The normalized spacial score (nSPS) is 10.5. The lowest BCUT2D eigenvalue weighted by atomic mass is 10.2. The zero-order valence-corrected chi connectivity index (χ0v) is 16.8. The van der Waals surface area contributed by atoms with Gasteiger partial charge in [0.25, 0.3) is 0 Å². The number of ether oxygens (including phenoxy) is 1. The van der Waals surface area contributed by atoms with Crippen LogP contribution in [-0.2, 0) is 4.79 Å². The number of aromatic nitrogens is 3. The molecule has 0 fully saturated rings. The van der Waals surface area contributed by atoms with Gasteiger partial charge in [-0.25, -0.2) is 15.0 Å². The van der Waals surface area contributed by atoms with Crippen LogP contribution in [0, 0.1) is 11.8 Å². The molecule has 0 aliphatic heterocycles. The van der Waals surface area contributed by atoms with E-state index in [0.29, 0.717) is 29.3 Å². The number of nitrogens with one attached hydrogen (secondary N) is 1. The molecular weight excluding hydrogens is 366 g/mol. The second-order valence-electron chi connectivity index (χ2n) is 6.74. The number of carbonyl (C=O) groups excluding carboxylic acids is 1. The van der Waals surface area contributed by atoms with E-state index in [0.717, 1.165) is 24.2 Å². The van der Waals surface area contributed by atoms with Crippen molar-refractivity contribution >= 4 is 22.8 Å². The Bertz CT molecular complexity index is 1050. The van der Waals surface area contributed by atoms with E-state index in [1.54, 1.807) is 18.3 Å². The minimum Gasteiger partial charge on any atom is -0.476 e. The van der Waals surface area contributed by atoms with Crippen LogP contribution >= 0.6 is 0 Å². The summed E-state index contributed by atoms with van der Waals surface area (Å²) in [4.78, 5) is 26.5. The predicted molar refractivity (Wildman–Crippen MR) is 113 cm³/mol. The molecule has 3 aromatic rings. The fraction of sp³-hybridized carbons (Fsp3) is 0.273. The number of benzene rings is 1. The Morgan fingerprint density at radius 1 is 1.14 bits per heavy atom. The van der Waals surface area contributed by atoms with Gasteiger partial charge in [0.1, 0.15) is 5.52 Å². The summed E-state index contributed by atoms with van der Waals surface area (Å²) < 4.78 is 5.87. The second-order valence-corrected chi connectivity index (χ2v) is 6.74. The van der Waals surface area contributed by atoms with Crippen molar-refractivity contribution in [3.8, 4) is 17.7 Å². The van der Waals surface area contributed by atoms with Crippen molar-refractivity contribution < 1.29 is 9.53 Å². The Morgan fingerprint density at radius 3 is 2.66 bits per heavy atom. The molecule has 7 heteroatoms. The zero-order valence-electron chi connectivity index (χ0n) is 16.8. The molecule has 0 saturated heterocycles. The SMILES string of the molecule is CC(=O)Nc1ccc(C#Cc2nc3ncccc3nc2OCCCN(C)C)cc1. The number of carbonyl (C=O) groups is 1. The van der Waals surface area contributed by atoms with Crippen molar-refractivity contribution in [2.75, 3.05) is 32.6 Å². The average molecular weight is 389 g/mol. The third-order valence-electron chi connectivity index (χ3n) is 3.93. The summed E-state index contributed by atoms with van der Waals surface area (Å²) in [5, 5.41) is 2.73. The number of pyridine rings is 1. The highest BCUT2D eigenvalue weighted by atomic mass is 16.5. The van der Waals surface area contributed by atoms with Crippen LogP contribution in [0.2, 0.25) is 0 Å². The Hall–Kier alpha value is -3.50. The lowest BCUT2D eigenvalue weighted by Gasteiger charge is -2.11. The van der Waals surface area contributed by atoms with E-state index in [4.69, 9.17) is 4.74 Å². The Labute approximate surface area is 170 Å². The molecule has 0 aliphatic carbocycles. The topological polar surface area (TPSA) is 80.2 Å². The fourth-order valence-corrected chi connectivity index (χ4v) is 2.58. The van der Waals surface area contributed by atoms with Gasteiger partial charge in [-0.2, -0.15) is 0 Å². The molecule has 1 aromatic carbocycles. The molecule has 7 nitrogen and oxygen atoms in total. The number of nitrogens with zero attached hydrogens (tertiary/aromatic N) is 4. The third kappa shape index (κ3) is 5.99. The molecule has 0 atom stereocenters. The van der Waals surface area contributed by atoms with Gasteiger partial charge in [0.05, 0.1) is 6.61 Å². The molecule has 1 amide bonds. The second kappa shape index (κ2) is 9.62. The van der Waals surface area contributed by atoms with E-state index in [2.05, 4.69) is 37.0 Å². The van der Waals surface area contributed by atoms with Crippen LogP contribution in [0.3, 0.4) is 0 Å². The summed E-state index contributed by atoms with van der Waals surface area (Å²) in [6.07, 6.45) is 2.55. The number of anilines is 1. The molecule has 29 heavy (non-hydrogen) atoms. The van der Waals surface area contributed by atoms with Crippen LogP contribution in [0.15, 0.2) is 42.6 Å². The van der Waals surface area contributed by atoms with E-state index >= 15 is 0 Å². The minimum atomic E-state index is -0.112. The van der Waals surface area contributed by atoms with Gasteiger partial charge in [-0.3, -0.25) is 4.79 Å². The van der Waals surface area contributed by atoms with E-state index in [9.17, 15) is 4.79 Å². The van der Waals surface area contributed by atoms with E-state index in [1.807, 2.05) is 38.4 Å². The standard InChI is InChI=1S/C22H23N5O2/c1-16(28)24-18-10-7-17(8-11-18)9-12-20-22(29-15-5-14-27(2)3)26-19-6-4-13-23-21(19)25-20/h4,6-8,10-11,13H,5,14-15H2,1-3H3,(H,24,28). The molecule has 2 aromatic heterocycles. The Morgan fingerprint density at radius 2 is 1.93 bits per heavy atom. The maximum atomic E-state index is 11.1. The van der Waals surface area contributed by atoms with Crippen LogP contribution in [0.1, 0.15) is 24.6 Å². The molecule has 0 aliphatic rings.